The van der Waals surface area contributed by atoms with Crippen LogP contribution < -0.4 is 0 Å². The molecule has 2 aliphatic rings. The van der Waals surface area contributed by atoms with Gasteiger partial charge in [-0.25, -0.2) is 0 Å². The third-order valence-electron chi connectivity index (χ3n) is 5.37. The number of halogens is 1. The molecule has 1 aromatic rings. The van der Waals surface area contributed by atoms with Gasteiger partial charge in [-0.1, -0.05) is 41.6 Å². The Morgan fingerprint density at radius 1 is 1.38 bits per heavy atom. The molecule has 3 atom stereocenters. The fraction of sp³-hybridized carbons (Fsp3) is 0.300. The molecule has 24 heavy (non-hydrogen) atoms. The molecule has 1 aromatic carbocycles. The molecule has 0 fully saturated rings. The van der Waals surface area contributed by atoms with Gasteiger partial charge in [-0.05, 0) is 48.8 Å². The van der Waals surface area contributed by atoms with Crippen molar-refractivity contribution in [2.75, 3.05) is 0 Å². The molecule has 0 aliphatic heterocycles. The number of Topliss-reactive ketones (excluding diaryl/α,β-unsaturated/α-hetero) is 1. The second-order valence-corrected chi connectivity index (χ2v) is 7.59. The number of hydrogen-bond donors (Lipinski definition) is 1. The van der Waals surface area contributed by atoms with E-state index in [1.54, 1.807) is 25.1 Å². The third-order valence-corrected chi connectivity index (χ3v) is 5.86. The van der Waals surface area contributed by atoms with Crippen LogP contribution in [-0.2, 0) is 9.59 Å². The Labute approximate surface area is 149 Å². The van der Waals surface area contributed by atoms with E-state index >= 15 is 0 Å². The Kier molecular flexibility index (Phi) is 4.12. The first kappa shape index (κ1) is 16.9. The van der Waals surface area contributed by atoms with Crippen LogP contribution >= 0.6 is 15.9 Å². The Balaban J connectivity index is 2.28. The number of carbonyl (C=O) groups excluding carboxylic acids is 2. The highest BCUT2D eigenvalue weighted by Gasteiger charge is 2.55. The van der Waals surface area contributed by atoms with Crippen LogP contribution in [0.1, 0.15) is 31.7 Å². The van der Waals surface area contributed by atoms with Gasteiger partial charge in [0.2, 0.25) is 0 Å². The van der Waals surface area contributed by atoms with Crippen molar-refractivity contribution in [3.63, 3.8) is 0 Å². The first-order valence-electron chi connectivity index (χ1n) is 7.88. The van der Waals surface area contributed by atoms with E-state index in [0.717, 1.165) is 10.0 Å². The van der Waals surface area contributed by atoms with Crippen molar-refractivity contribution >= 4 is 27.5 Å². The van der Waals surface area contributed by atoms with Crippen molar-refractivity contribution in [3.05, 3.63) is 64.2 Å². The van der Waals surface area contributed by atoms with E-state index in [0.29, 0.717) is 17.6 Å². The Morgan fingerprint density at radius 2 is 2.08 bits per heavy atom. The molecule has 0 aromatic heterocycles. The zero-order valence-corrected chi connectivity index (χ0v) is 15.3. The van der Waals surface area contributed by atoms with E-state index in [1.807, 2.05) is 19.1 Å². The van der Waals surface area contributed by atoms with Gasteiger partial charge in [-0.2, -0.15) is 0 Å². The molecule has 124 valence electrons. The van der Waals surface area contributed by atoms with Gasteiger partial charge in [0.05, 0.1) is 5.41 Å². The average molecular weight is 387 g/mol. The summed E-state index contributed by atoms with van der Waals surface area (Å²) in [6, 6.07) is 5.16. The smallest absolute Gasteiger partial charge is 0.163 e. The fourth-order valence-electron chi connectivity index (χ4n) is 4.02. The lowest BCUT2D eigenvalue weighted by molar-refractivity contribution is -0.137. The van der Waals surface area contributed by atoms with Crippen molar-refractivity contribution in [2.24, 2.45) is 11.3 Å². The minimum absolute atomic E-state index is 0.0101. The molecule has 2 aliphatic carbocycles. The van der Waals surface area contributed by atoms with Gasteiger partial charge in [0.15, 0.2) is 11.6 Å². The van der Waals surface area contributed by atoms with Crippen LogP contribution in [0.4, 0.5) is 0 Å². The number of fused-ring (bicyclic) bond motifs is 1. The second kappa shape index (κ2) is 5.85. The maximum Gasteiger partial charge on any atom is 0.163 e. The topological polar surface area (TPSA) is 54.4 Å². The number of ketones is 2. The molecule has 3 rings (SSSR count). The number of rotatable bonds is 2. The quantitative estimate of drug-likeness (QED) is 0.815. The maximum atomic E-state index is 13.0. The Morgan fingerprint density at radius 3 is 2.75 bits per heavy atom. The van der Waals surface area contributed by atoms with Gasteiger partial charge in [0.1, 0.15) is 5.75 Å². The number of hydrogen-bond acceptors (Lipinski definition) is 3. The number of carbonyl (C=O) groups is 2. The van der Waals surface area contributed by atoms with Crippen LogP contribution in [0.5, 0.6) is 5.75 Å². The molecule has 0 heterocycles. The van der Waals surface area contributed by atoms with Crippen LogP contribution in [0, 0.1) is 11.3 Å². The second-order valence-electron chi connectivity index (χ2n) is 6.67. The first-order chi connectivity index (χ1) is 11.3. The number of benzene rings is 1. The highest BCUT2D eigenvalue weighted by atomic mass is 79.9. The molecule has 4 heteroatoms. The monoisotopic (exact) mass is 386 g/mol. The van der Waals surface area contributed by atoms with Gasteiger partial charge in [-0.3, -0.25) is 9.59 Å². The molecule has 0 spiro atoms. The van der Waals surface area contributed by atoms with Crippen LogP contribution in [0.3, 0.4) is 0 Å². The zero-order chi connectivity index (χ0) is 17.6. The van der Waals surface area contributed by atoms with Crippen molar-refractivity contribution in [2.45, 2.75) is 26.2 Å². The molecule has 0 saturated carbocycles. The molecule has 0 saturated heterocycles. The largest absolute Gasteiger partial charge is 0.508 e. The van der Waals surface area contributed by atoms with Crippen LogP contribution in [0.15, 0.2) is 58.6 Å². The molecule has 0 amide bonds. The standard InChI is InChI=1S/C20H19BrO3/c1-4-12-5-7-15-19(24)11(2)9-17(23)20(15,3)18(12)14-10-13(21)6-8-16(14)22/h4-6,8-10,15,18,22H,1,7H2,2-3H3. The summed E-state index contributed by atoms with van der Waals surface area (Å²) in [5.74, 6) is -0.768. The van der Waals surface area contributed by atoms with E-state index in [4.69, 9.17) is 0 Å². The minimum Gasteiger partial charge on any atom is -0.508 e. The predicted molar refractivity (Wildman–Crippen MR) is 96.8 cm³/mol. The molecule has 3 unspecified atom stereocenters. The van der Waals surface area contributed by atoms with Crippen molar-refractivity contribution in [3.8, 4) is 5.75 Å². The van der Waals surface area contributed by atoms with Gasteiger partial charge in [0.25, 0.3) is 0 Å². The SMILES string of the molecule is C=CC1=CCC2C(=O)C(C)=CC(=O)C2(C)C1c1cc(Br)ccc1O. The highest BCUT2D eigenvalue weighted by molar-refractivity contribution is 9.10. The summed E-state index contributed by atoms with van der Waals surface area (Å²) in [5.41, 5.74) is 1.09. The normalized spacial score (nSPS) is 29.6. The van der Waals surface area contributed by atoms with Crippen molar-refractivity contribution < 1.29 is 14.7 Å². The summed E-state index contributed by atoms with van der Waals surface area (Å²) in [6.45, 7) is 7.39. The van der Waals surface area contributed by atoms with Gasteiger partial charge in [0, 0.05) is 21.9 Å². The lowest BCUT2D eigenvalue weighted by Crippen LogP contribution is -2.49. The number of allylic oxidation sites excluding steroid dienone is 5. The van der Waals surface area contributed by atoms with Gasteiger partial charge >= 0.3 is 0 Å². The Hall–Kier alpha value is -1.94. The zero-order valence-electron chi connectivity index (χ0n) is 13.7. The third kappa shape index (κ3) is 2.32. The summed E-state index contributed by atoms with van der Waals surface area (Å²) >= 11 is 3.43. The van der Waals surface area contributed by atoms with E-state index in [1.165, 1.54) is 6.08 Å². The van der Waals surface area contributed by atoms with E-state index in [-0.39, 0.29) is 17.3 Å². The summed E-state index contributed by atoms with van der Waals surface area (Å²) < 4.78 is 0.811. The molecule has 0 radical (unpaired) electrons. The average Bonchev–Trinajstić information content (AvgIpc) is 2.55. The molecular weight excluding hydrogens is 368 g/mol. The summed E-state index contributed by atoms with van der Waals surface area (Å²) in [5, 5.41) is 10.4. The van der Waals surface area contributed by atoms with Crippen LogP contribution in [-0.4, -0.2) is 16.7 Å². The predicted octanol–water partition coefficient (Wildman–Crippen LogP) is 4.48. The van der Waals surface area contributed by atoms with E-state index in [2.05, 4.69) is 22.5 Å². The summed E-state index contributed by atoms with van der Waals surface area (Å²) in [4.78, 5) is 25.7. The van der Waals surface area contributed by atoms with E-state index < -0.39 is 17.3 Å². The summed E-state index contributed by atoms with van der Waals surface area (Å²) in [6.07, 6.45) is 5.65. The first-order valence-corrected chi connectivity index (χ1v) is 8.67. The lowest BCUT2D eigenvalue weighted by Gasteiger charge is -2.47. The summed E-state index contributed by atoms with van der Waals surface area (Å²) in [7, 11) is 0. The number of aromatic hydroxyl groups is 1. The lowest BCUT2D eigenvalue weighted by atomic mass is 9.53. The van der Waals surface area contributed by atoms with Crippen molar-refractivity contribution in [1.82, 2.24) is 0 Å². The molecule has 1 N–H and O–H groups in total. The number of phenolic OH excluding ortho intramolecular Hbond substituents is 1. The van der Waals surface area contributed by atoms with Crippen LogP contribution in [0.2, 0.25) is 0 Å². The maximum absolute atomic E-state index is 13.0. The minimum atomic E-state index is -0.923. The van der Waals surface area contributed by atoms with Gasteiger partial charge < -0.3 is 5.11 Å². The van der Waals surface area contributed by atoms with Crippen LogP contribution in [0.25, 0.3) is 0 Å². The van der Waals surface area contributed by atoms with Crippen molar-refractivity contribution in [1.29, 1.82) is 0 Å². The van der Waals surface area contributed by atoms with E-state index in [9.17, 15) is 14.7 Å². The number of phenols is 1. The van der Waals surface area contributed by atoms with Gasteiger partial charge in [-0.15, -0.1) is 0 Å². The molecular formula is C20H19BrO3. The molecule has 0 bridgehead atoms. The Bertz CT molecular complexity index is 818. The highest BCUT2D eigenvalue weighted by Crippen LogP contribution is 2.56. The molecule has 3 nitrogen and oxygen atoms in total. The fourth-order valence-corrected chi connectivity index (χ4v) is 4.39.